The molecule has 33 heavy (non-hydrogen) atoms. The zero-order valence-corrected chi connectivity index (χ0v) is 19.3. The maximum atomic E-state index is 4.91. The number of piperazine rings is 1. The van der Waals surface area contributed by atoms with Crippen molar-refractivity contribution in [1.82, 2.24) is 24.4 Å². The molecule has 0 radical (unpaired) electrons. The Morgan fingerprint density at radius 1 is 0.848 bits per heavy atom. The van der Waals surface area contributed by atoms with Gasteiger partial charge in [-0.1, -0.05) is 36.4 Å². The molecule has 0 spiro atoms. The van der Waals surface area contributed by atoms with Crippen LogP contribution in [0.4, 0.5) is 10.8 Å². The highest BCUT2D eigenvalue weighted by Gasteiger charge is 2.22. The molecule has 0 unspecified atom stereocenters. The maximum absolute atomic E-state index is 4.91. The molecule has 0 aliphatic carbocycles. The SMILES string of the molecule is Cn1cc(-c2ccc3c(N4CCN(c5nc(Cc6ccccc6)cs5)CC4)cnn3c2)cn1. The first kappa shape index (κ1) is 20.0. The van der Waals surface area contributed by atoms with Crippen molar-refractivity contribution in [3.63, 3.8) is 0 Å². The number of aromatic nitrogens is 5. The van der Waals surface area contributed by atoms with Gasteiger partial charge in [0.2, 0.25) is 0 Å². The van der Waals surface area contributed by atoms with Gasteiger partial charge in [-0.2, -0.15) is 10.2 Å². The van der Waals surface area contributed by atoms with Crippen LogP contribution in [0, 0.1) is 0 Å². The fraction of sp³-hybridized carbons (Fsp3) is 0.240. The van der Waals surface area contributed by atoms with Gasteiger partial charge in [-0.3, -0.25) is 4.68 Å². The third-order valence-electron chi connectivity index (χ3n) is 6.19. The molecule has 1 aliphatic rings. The largest absolute Gasteiger partial charge is 0.365 e. The summed E-state index contributed by atoms with van der Waals surface area (Å²) in [7, 11) is 1.93. The number of benzene rings is 1. The Kier molecular flexibility index (Phi) is 5.07. The molecule has 0 atom stereocenters. The molecule has 166 valence electrons. The van der Waals surface area contributed by atoms with Crippen molar-refractivity contribution in [2.75, 3.05) is 36.0 Å². The van der Waals surface area contributed by atoms with E-state index in [9.17, 15) is 0 Å². The molecule has 7 nitrogen and oxygen atoms in total. The highest BCUT2D eigenvalue weighted by Crippen LogP contribution is 2.28. The average Bonchev–Trinajstić information content (AvgIpc) is 3.59. The van der Waals surface area contributed by atoms with E-state index in [1.807, 2.05) is 34.8 Å². The van der Waals surface area contributed by atoms with E-state index < -0.39 is 0 Å². The van der Waals surface area contributed by atoms with E-state index in [4.69, 9.17) is 4.98 Å². The lowest BCUT2D eigenvalue weighted by molar-refractivity contribution is 0.653. The second-order valence-electron chi connectivity index (χ2n) is 8.44. The minimum Gasteiger partial charge on any atom is -0.365 e. The Balaban J connectivity index is 1.14. The number of rotatable bonds is 5. The summed E-state index contributed by atoms with van der Waals surface area (Å²) in [5.74, 6) is 0. The van der Waals surface area contributed by atoms with Gasteiger partial charge in [-0.25, -0.2) is 9.50 Å². The number of fused-ring (bicyclic) bond motifs is 1. The van der Waals surface area contributed by atoms with Crippen molar-refractivity contribution in [2.45, 2.75) is 6.42 Å². The van der Waals surface area contributed by atoms with Crippen LogP contribution in [0.3, 0.4) is 0 Å². The lowest BCUT2D eigenvalue weighted by Crippen LogP contribution is -2.46. The summed E-state index contributed by atoms with van der Waals surface area (Å²) in [5, 5.41) is 12.2. The second kappa shape index (κ2) is 8.37. The van der Waals surface area contributed by atoms with Gasteiger partial charge < -0.3 is 9.80 Å². The third-order valence-corrected chi connectivity index (χ3v) is 7.14. The minimum absolute atomic E-state index is 0.890. The minimum atomic E-state index is 0.890. The molecule has 1 aromatic carbocycles. The Bertz CT molecular complexity index is 1380. The first-order valence-corrected chi connectivity index (χ1v) is 12.1. The Hall–Kier alpha value is -3.65. The maximum Gasteiger partial charge on any atom is 0.185 e. The topological polar surface area (TPSA) is 54.5 Å². The number of hydrogen-bond acceptors (Lipinski definition) is 6. The lowest BCUT2D eigenvalue weighted by Gasteiger charge is -2.35. The summed E-state index contributed by atoms with van der Waals surface area (Å²) in [6.45, 7) is 3.84. The van der Waals surface area contributed by atoms with Gasteiger partial charge in [-0.15, -0.1) is 11.3 Å². The van der Waals surface area contributed by atoms with Crippen LogP contribution in [0.2, 0.25) is 0 Å². The van der Waals surface area contributed by atoms with Crippen LogP contribution in [-0.2, 0) is 13.5 Å². The zero-order valence-electron chi connectivity index (χ0n) is 18.5. The van der Waals surface area contributed by atoms with Crippen LogP contribution in [0.15, 0.2) is 72.6 Å². The normalized spacial score (nSPS) is 14.3. The van der Waals surface area contributed by atoms with Crippen LogP contribution in [0.25, 0.3) is 16.6 Å². The Morgan fingerprint density at radius 3 is 2.45 bits per heavy atom. The predicted molar refractivity (Wildman–Crippen MR) is 133 cm³/mol. The standard InChI is InChI=1S/C25H25N7S/c1-29-16-21(14-26-29)20-7-8-23-24(15-27-32(23)17-20)30-9-11-31(12-10-30)25-28-22(18-33-25)13-19-5-3-2-4-6-19/h2-8,14-18H,9-13H2,1H3. The second-order valence-corrected chi connectivity index (χ2v) is 9.27. The van der Waals surface area contributed by atoms with E-state index in [1.54, 1.807) is 11.3 Å². The first-order valence-electron chi connectivity index (χ1n) is 11.2. The quantitative estimate of drug-likeness (QED) is 0.399. The Labute approximate surface area is 196 Å². The van der Waals surface area contributed by atoms with Gasteiger partial charge in [0.05, 0.1) is 29.3 Å². The van der Waals surface area contributed by atoms with E-state index in [0.29, 0.717) is 0 Å². The third kappa shape index (κ3) is 3.98. The smallest absolute Gasteiger partial charge is 0.185 e. The van der Waals surface area contributed by atoms with Gasteiger partial charge in [0.15, 0.2) is 5.13 Å². The lowest BCUT2D eigenvalue weighted by atomic mass is 10.1. The summed E-state index contributed by atoms with van der Waals surface area (Å²) in [4.78, 5) is 9.75. The number of hydrogen-bond donors (Lipinski definition) is 0. The molecule has 0 bridgehead atoms. The molecular formula is C25H25N7S. The number of anilines is 2. The van der Waals surface area contributed by atoms with E-state index in [-0.39, 0.29) is 0 Å². The molecule has 5 heterocycles. The average molecular weight is 456 g/mol. The van der Waals surface area contributed by atoms with Crippen molar-refractivity contribution >= 4 is 27.7 Å². The van der Waals surface area contributed by atoms with Crippen molar-refractivity contribution in [1.29, 1.82) is 0 Å². The summed E-state index contributed by atoms with van der Waals surface area (Å²) < 4.78 is 3.79. The molecule has 6 rings (SSSR count). The van der Waals surface area contributed by atoms with E-state index in [1.165, 1.54) is 11.3 Å². The van der Waals surface area contributed by atoms with Gasteiger partial charge >= 0.3 is 0 Å². The van der Waals surface area contributed by atoms with Crippen LogP contribution in [0.1, 0.15) is 11.3 Å². The van der Waals surface area contributed by atoms with E-state index >= 15 is 0 Å². The van der Waals surface area contributed by atoms with Gasteiger partial charge in [0.25, 0.3) is 0 Å². The van der Waals surface area contributed by atoms with Crippen LogP contribution in [-0.4, -0.2) is 50.6 Å². The molecule has 4 aromatic heterocycles. The van der Waals surface area contributed by atoms with Crippen molar-refractivity contribution < 1.29 is 0 Å². The van der Waals surface area contributed by atoms with E-state index in [0.717, 1.165) is 60.1 Å². The summed E-state index contributed by atoms with van der Waals surface area (Å²) in [5.41, 5.74) is 6.99. The predicted octanol–water partition coefficient (Wildman–Crippen LogP) is 4.11. The van der Waals surface area contributed by atoms with E-state index in [2.05, 4.69) is 74.0 Å². The van der Waals surface area contributed by atoms with Crippen molar-refractivity contribution in [3.05, 3.63) is 83.9 Å². The fourth-order valence-corrected chi connectivity index (χ4v) is 5.30. The van der Waals surface area contributed by atoms with Crippen LogP contribution in [0.5, 0.6) is 0 Å². The van der Waals surface area contributed by atoms with Crippen molar-refractivity contribution in [2.24, 2.45) is 7.05 Å². The highest BCUT2D eigenvalue weighted by molar-refractivity contribution is 7.13. The molecule has 5 aromatic rings. The van der Waals surface area contributed by atoms with Crippen LogP contribution < -0.4 is 9.80 Å². The molecule has 0 saturated carbocycles. The Morgan fingerprint density at radius 2 is 1.67 bits per heavy atom. The molecule has 0 amide bonds. The number of thiazole rings is 1. The fourth-order valence-electron chi connectivity index (χ4n) is 4.42. The highest BCUT2D eigenvalue weighted by atomic mass is 32.1. The number of aryl methyl sites for hydroxylation is 1. The molecule has 8 heteroatoms. The molecular weight excluding hydrogens is 430 g/mol. The molecule has 1 fully saturated rings. The number of pyridine rings is 1. The molecule has 1 saturated heterocycles. The summed E-state index contributed by atoms with van der Waals surface area (Å²) >= 11 is 1.75. The van der Waals surface area contributed by atoms with Crippen molar-refractivity contribution in [3.8, 4) is 11.1 Å². The van der Waals surface area contributed by atoms with Crippen LogP contribution >= 0.6 is 11.3 Å². The molecule has 1 aliphatic heterocycles. The number of nitrogens with zero attached hydrogens (tertiary/aromatic N) is 7. The monoisotopic (exact) mass is 455 g/mol. The zero-order chi connectivity index (χ0) is 22.2. The van der Waals surface area contributed by atoms with Gasteiger partial charge in [0.1, 0.15) is 0 Å². The van der Waals surface area contributed by atoms with Gasteiger partial charge in [0, 0.05) is 68.5 Å². The first-order chi connectivity index (χ1) is 16.2. The molecule has 0 N–H and O–H groups in total. The summed E-state index contributed by atoms with van der Waals surface area (Å²) in [6.07, 6.45) is 8.86. The summed E-state index contributed by atoms with van der Waals surface area (Å²) in [6, 6.07) is 14.9. The van der Waals surface area contributed by atoms with Gasteiger partial charge in [-0.05, 0) is 11.6 Å².